The highest BCUT2D eigenvalue weighted by Crippen LogP contribution is 2.48. The van der Waals surface area contributed by atoms with Crippen LogP contribution in [-0.4, -0.2) is 0 Å². The normalized spacial score (nSPS) is 31.4. The lowest BCUT2D eigenvalue weighted by atomic mass is 9.79. The molecule has 1 heteroatoms. The van der Waals surface area contributed by atoms with E-state index in [1.165, 1.54) is 12.0 Å². The molecule has 1 rings (SSSR count). The first-order valence-electron chi connectivity index (χ1n) is 4.58. The molecule has 12 heavy (non-hydrogen) atoms. The van der Waals surface area contributed by atoms with Crippen LogP contribution in [0.4, 0.5) is 0 Å². The van der Waals surface area contributed by atoms with Gasteiger partial charge in [0.1, 0.15) is 0 Å². The summed E-state index contributed by atoms with van der Waals surface area (Å²) in [5.41, 5.74) is 2.56. The second kappa shape index (κ2) is 2.94. The molecule has 1 aliphatic carbocycles. The highest BCUT2D eigenvalue weighted by atomic mass is 14.7. The van der Waals surface area contributed by atoms with Crippen LogP contribution in [0.1, 0.15) is 40.5 Å². The van der Waals surface area contributed by atoms with Gasteiger partial charge in [0.2, 0.25) is 0 Å². The van der Waals surface area contributed by atoms with Crippen LogP contribution in [-0.2, 0) is 0 Å². The van der Waals surface area contributed by atoms with Gasteiger partial charge in [-0.1, -0.05) is 26.3 Å². The molecule has 0 amide bonds. The van der Waals surface area contributed by atoms with Crippen LogP contribution in [0.2, 0.25) is 0 Å². The molecule has 1 atom stereocenters. The quantitative estimate of drug-likeness (QED) is 0.480. The summed E-state index contributed by atoms with van der Waals surface area (Å²) in [6.07, 6.45) is 2.37. The van der Waals surface area contributed by atoms with Crippen molar-refractivity contribution in [3.63, 3.8) is 0 Å². The summed E-state index contributed by atoms with van der Waals surface area (Å²) < 4.78 is 0. The van der Waals surface area contributed by atoms with E-state index in [0.29, 0.717) is 0 Å². The lowest BCUT2D eigenvalue weighted by Crippen LogP contribution is -2.16. The van der Waals surface area contributed by atoms with E-state index in [0.717, 1.165) is 18.0 Å². The minimum atomic E-state index is 0.259. The molecule has 0 radical (unpaired) electrons. The molecule has 0 unspecified atom stereocenters. The second-order valence-electron chi connectivity index (χ2n) is 4.34. The van der Waals surface area contributed by atoms with Gasteiger partial charge in [-0.3, -0.25) is 0 Å². The Morgan fingerprint density at radius 2 is 2.17 bits per heavy atom. The molecule has 0 aromatic carbocycles. The van der Waals surface area contributed by atoms with Gasteiger partial charge >= 0.3 is 0 Å². The van der Waals surface area contributed by atoms with Crippen molar-refractivity contribution >= 4 is 0 Å². The highest BCUT2D eigenvalue weighted by Gasteiger charge is 2.36. The summed E-state index contributed by atoms with van der Waals surface area (Å²) >= 11 is 0. The fourth-order valence-corrected chi connectivity index (χ4v) is 2.06. The van der Waals surface area contributed by atoms with Crippen molar-refractivity contribution in [3.05, 3.63) is 22.7 Å². The fraction of sp³-hybridized carbons (Fsp3) is 0.727. The Kier molecular flexibility index (Phi) is 2.28. The summed E-state index contributed by atoms with van der Waals surface area (Å²) in [6.45, 7) is 15.7. The zero-order valence-corrected chi connectivity index (χ0v) is 8.44. The zero-order chi connectivity index (χ0) is 9.35. The average Bonchev–Trinajstić information content (AvgIpc) is 2.27. The van der Waals surface area contributed by atoms with Crippen molar-refractivity contribution in [1.29, 1.82) is 0 Å². The lowest BCUT2D eigenvalue weighted by Gasteiger charge is -2.26. The first-order valence-corrected chi connectivity index (χ1v) is 4.58. The summed E-state index contributed by atoms with van der Waals surface area (Å²) in [4.78, 5) is 3.53. The molecule has 0 aromatic heterocycles. The van der Waals surface area contributed by atoms with E-state index in [9.17, 15) is 0 Å². The number of rotatable bonds is 0. The Labute approximate surface area is 75.3 Å². The lowest BCUT2D eigenvalue weighted by molar-refractivity contribution is 0.331. The molecule has 0 aromatic rings. The van der Waals surface area contributed by atoms with E-state index in [4.69, 9.17) is 6.57 Å². The molecule has 66 valence electrons. The first-order chi connectivity index (χ1) is 5.50. The molecular weight excluding hydrogens is 146 g/mol. The predicted octanol–water partition coefficient (Wildman–Crippen LogP) is 3.64. The standard InChI is InChI=1S/C11H17N/c1-8-6-7-10(9(2)12-5)11(8,3)4/h8H,6-7H2,1-4H3/t8-/m1/s1. The molecule has 0 heterocycles. The predicted molar refractivity (Wildman–Crippen MR) is 51.5 cm³/mol. The van der Waals surface area contributed by atoms with Crippen LogP contribution < -0.4 is 0 Å². The van der Waals surface area contributed by atoms with Crippen LogP contribution in [0, 0.1) is 17.9 Å². The Hall–Kier alpha value is -0.770. The van der Waals surface area contributed by atoms with Crippen molar-refractivity contribution in [2.75, 3.05) is 0 Å². The third-order valence-corrected chi connectivity index (χ3v) is 3.44. The maximum Gasteiger partial charge on any atom is 0.162 e. The zero-order valence-electron chi connectivity index (χ0n) is 8.44. The van der Waals surface area contributed by atoms with Crippen molar-refractivity contribution in [2.24, 2.45) is 11.3 Å². The van der Waals surface area contributed by atoms with E-state index < -0.39 is 0 Å². The molecule has 1 fully saturated rings. The van der Waals surface area contributed by atoms with Gasteiger partial charge in [-0.2, -0.15) is 0 Å². The molecule has 0 aliphatic heterocycles. The molecular formula is C11H17N. The Balaban J connectivity index is 3.06. The van der Waals surface area contributed by atoms with Crippen molar-refractivity contribution < 1.29 is 0 Å². The highest BCUT2D eigenvalue weighted by molar-refractivity contribution is 5.27. The van der Waals surface area contributed by atoms with Gasteiger partial charge in [0.25, 0.3) is 0 Å². The van der Waals surface area contributed by atoms with Crippen LogP contribution in [0.15, 0.2) is 11.3 Å². The average molecular weight is 163 g/mol. The van der Waals surface area contributed by atoms with Crippen molar-refractivity contribution in [1.82, 2.24) is 0 Å². The SMILES string of the molecule is [C-]#[N+]C(C)=C1CC[C@@H](C)C1(C)C. The summed E-state index contributed by atoms with van der Waals surface area (Å²) in [5, 5.41) is 0. The molecule has 0 N–H and O–H groups in total. The second-order valence-corrected chi connectivity index (χ2v) is 4.34. The molecule has 0 bridgehead atoms. The summed E-state index contributed by atoms with van der Waals surface area (Å²) in [7, 11) is 0. The van der Waals surface area contributed by atoms with Crippen LogP contribution in [0.5, 0.6) is 0 Å². The van der Waals surface area contributed by atoms with Crippen molar-refractivity contribution in [2.45, 2.75) is 40.5 Å². The number of hydrogen-bond acceptors (Lipinski definition) is 0. The smallest absolute Gasteiger partial charge is 0.162 e. The number of hydrogen-bond donors (Lipinski definition) is 0. The van der Waals surface area contributed by atoms with Gasteiger partial charge in [0.15, 0.2) is 5.70 Å². The minimum absolute atomic E-state index is 0.259. The van der Waals surface area contributed by atoms with Gasteiger partial charge < -0.3 is 0 Å². The molecule has 0 saturated heterocycles. The van der Waals surface area contributed by atoms with Gasteiger partial charge in [-0.25, -0.2) is 4.85 Å². The van der Waals surface area contributed by atoms with Crippen LogP contribution >= 0.6 is 0 Å². The number of allylic oxidation sites excluding steroid dienone is 2. The Morgan fingerprint density at radius 3 is 2.50 bits per heavy atom. The number of nitrogens with zero attached hydrogens (tertiary/aromatic N) is 1. The van der Waals surface area contributed by atoms with E-state index in [-0.39, 0.29) is 5.41 Å². The van der Waals surface area contributed by atoms with E-state index in [2.05, 4.69) is 25.6 Å². The molecule has 1 nitrogen and oxygen atoms in total. The fourth-order valence-electron chi connectivity index (χ4n) is 2.06. The van der Waals surface area contributed by atoms with Crippen LogP contribution in [0.3, 0.4) is 0 Å². The maximum absolute atomic E-state index is 6.98. The van der Waals surface area contributed by atoms with Gasteiger partial charge in [-0.05, 0) is 31.1 Å². The van der Waals surface area contributed by atoms with E-state index >= 15 is 0 Å². The largest absolute Gasteiger partial charge is 0.243 e. The van der Waals surface area contributed by atoms with Gasteiger partial charge in [0, 0.05) is 0 Å². The third-order valence-electron chi connectivity index (χ3n) is 3.44. The van der Waals surface area contributed by atoms with E-state index in [1.54, 1.807) is 0 Å². The molecule has 1 saturated carbocycles. The Morgan fingerprint density at radius 1 is 1.58 bits per heavy atom. The first kappa shape index (κ1) is 9.32. The van der Waals surface area contributed by atoms with Crippen molar-refractivity contribution in [3.8, 4) is 0 Å². The minimum Gasteiger partial charge on any atom is -0.243 e. The molecule has 1 aliphatic rings. The maximum atomic E-state index is 6.98. The summed E-state index contributed by atoms with van der Waals surface area (Å²) in [6, 6.07) is 0. The third kappa shape index (κ3) is 1.27. The monoisotopic (exact) mass is 163 g/mol. The van der Waals surface area contributed by atoms with Crippen LogP contribution in [0.25, 0.3) is 4.85 Å². The molecule has 0 spiro atoms. The van der Waals surface area contributed by atoms with Gasteiger partial charge in [0.05, 0.1) is 6.57 Å². The van der Waals surface area contributed by atoms with E-state index in [1.807, 2.05) is 6.92 Å². The Bertz CT molecular complexity index is 253. The summed E-state index contributed by atoms with van der Waals surface area (Å²) in [5.74, 6) is 0.726. The van der Waals surface area contributed by atoms with Gasteiger partial charge in [-0.15, -0.1) is 0 Å². The topological polar surface area (TPSA) is 4.36 Å².